The molecule has 5 N–H and O–H groups in total. The van der Waals surface area contributed by atoms with Crippen LogP contribution >= 0.6 is 0 Å². The van der Waals surface area contributed by atoms with Gasteiger partial charge in [0.25, 0.3) is 0 Å². The summed E-state index contributed by atoms with van der Waals surface area (Å²) in [5, 5.41) is 10.3. The summed E-state index contributed by atoms with van der Waals surface area (Å²) < 4.78 is 0. The Kier molecular flexibility index (Phi) is 4.97. The first kappa shape index (κ1) is 19.3. The number of nitrogens with two attached hydrogens (primary N) is 2. The van der Waals surface area contributed by atoms with Crippen molar-refractivity contribution in [3.05, 3.63) is 89.5 Å². The molecule has 0 unspecified atom stereocenters. The second kappa shape index (κ2) is 7.45. The molecule has 0 aliphatic carbocycles. The Hall–Kier alpha value is -2.98. The number of benzene rings is 3. The predicted octanol–water partition coefficient (Wildman–Crippen LogP) is 5.16. The van der Waals surface area contributed by atoms with Crippen LogP contribution in [-0.2, 0) is 5.60 Å². The molecule has 150 valence electrons. The maximum absolute atomic E-state index is 10.3. The molecular weight excluding hydrogens is 358 g/mol. The smallest absolute Gasteiger partial charge is 0.0840 e. The number of rotatable bonds is 4. The lowest BCUT2D eigenvalue weighted by molar-refractivity contribution is 0.0786. The van der Waals surface area contributed by atoms with E-state index in [-0.39, 0.29) is 12.1 Å². The number of anilines is 3. The molecule has 1 heterocycles. The van der Waals surface area contributed by atoms with E-state index in [1.165, 1.54) is 11.1 Å². The van der Waals surface area contributed by atoms with Gasteiger partial charge in [-0.1, -0.05) is 36.4 Å². The number of hydrogen-bond acceptors (Lipinski definition) is 4. The van der Waals surface area contributed by atoms with Crippen molar-refractivity contribution in [1.82, 2.24) is 0 Å². The molecule has 1 aliphatic heterocycles. The summed E-state index contributed by atoms with van der Waals surface area (Å²) in [6, 6.07) is 25.2. The summed E-state index contributed by atoms with van der Waals surface area (Å²) in [5.41, 5.74) is 17.1. The summed E-state index contributed by atoms with van der Waals surface area (Å²) in [6.45, 7) is 3.62. The van der Waals surface area contributed by atoms with E-state index in [9.17, 15) is 5.11 Å². The Morgan fingerprint density at radius 3 is 1.52 bits per heavy atom. The molecule has 4 heteroatoms. The molecule has 0 spiro atoms. The molecule has 0 aromatic heterocycles. The van der Waals surface area contributed by atoms with Gasteiger partial charge < -0.3 is 21.5 Å². The standard InChI is InChI=1S/C25H29N3O/c1-25(2,29)19-7-13-22(14-8-19)28-23(17-3-9-20(26)10-4-17)15-16-24(28)18-5-11-21(27)12-6-18/h3-14,23-24,29H,15-16,26-27H2,1-2H3/t23-,24-/m0/s1. The van der Waals surface area contributed by atoms with Gasteiger partial charge in [-0.2, -0.15) is 0 Å². The van der Waals surface area contributed by atoms with E-state index in [0.29, 0.717) is 0 Å². The summed E-state index contributed by atoms with van der Waals surface area (Å²) in [6.07, 6.45) is 2.12. The van der Waals surface area contributed by atoms with E-state index in [4.69, 9.17) is 11.5 Å². The first-order chi connectivity index (χ1) is 13.8. The van der Waals surface area contributed by atoms with Crippen molar-refractivity contribution in [2.24, 2.45) is 0 Å². The maximum atomic E-state index is 10.3. The lowest BCUT2D eigenvalue weighted by Gasteiger charge is -2.34. The highest BCUT2D eigenvalue weighted by Crippen LogP contribution is 2.47. The molecule has 0 saturated carbocycles. The third-order valence-corrected chi connectivity index (χ3v) is 5.90. The van der Waals surface area contributed by atoms with E-state index < -0.39 is 5.60 Å². The third kappa shape index (κ3) is 3.94. The molecule has 1 aliphatic rings. The Morgan fingerprint density at radius 2 is 1.14 bits per heavy atom. The van der Waals surface area contributed by atoms with Gasteiger partial charge >= 0.3 is 0 Å². The van der Waals surface area contributed by atoms with Crippen molar-refractivity contribution in [3.8, 4) is 0 Å². The van der Waals surface area contributed by atoms with Gasteiger partial charge in [0, 0.05) is 17.1 Å². The summed E-state index contributed by atoms with van der Waals surface area (Å²) in [4.78, 5) is 2.49. The van der Waals surface area contributed by atoms with Gasteiger partial charge in [-0.25, -0.2) is 0 Å². The van der Waals surface area contributed by atoms with Crippen LogP contribution in [0.15, 0.2) is 72.8 Å². The van der Waals surface area contributed by atoms with Crippen LogP contribution in [0, 0.1) is 0 Å². The van der Waals surface area contributed by atoms with E-state index in [1.807, 2.05) is 50.2 Å². The minimum Gasteiger partial charge on any atom is -0.399 e. The molecule has 1 fully saturated rings. The zero-order chi connectivity index (χ0) is 20.6. The fourth-order valence-corrected chi connectivity index (χ4v) is 4.30. The highest BCUT2D eigenvalue weighted by molar-refractivity contribution is 5.56. The molecule has 2 atom stereocenters. The highest BCUT2D eigenvalue weighted by atomic mass is 16.3. The van der Waals surface area contributed by atoms with Gasteiger partial charge in [-0.05, 0) is 79.8 Å². The number of nitrogen functional groups attached to an aromatic ring is 2. The van der Waals surface area contributed by atoms with E-state index in [0.717, 1.165) is 35.5 Å². The van der Waals surface area contributed by atoms with Crippen molar-refractivity contribution in [1.29, 1.82) is 0 Å². The first-order valence-electron chi connectivity index (χ1n) is 10.1. The second-order valence-corrected chi connectivity index (χ2v) is 8.46. The van der Waals surface area contributed by atoms with E-state index >= 15 is 0 Å². The van der Waals surface area contributed by atoms with Gasteiger partial charge in [-0.3, -0.25) is 0 Å². The van der Waals surface area contributed by atoms with Crippen LogP contribution in [0.2, 0.25) is 0 Å². The Morgan fingerprint density at radius 1 is 0.724 bits per heavy atom. The molecule has 1 saturated heterocycles. The minimum atomic E-state index is -0.851. The Bertz CT molecular complexity index is 903. The van der Waals surface area contributed by atoms with Gasteiger partial charge in [0.2, 0.25) is 0 Å². The Labute approximate surface area is 172 Å². The lowest BCUT2D eigenvalue weighted by Crippen LogP contribution is -2.26. The van der Waals surface area contributed by atoms with Crippen molar-refractivity contribution < 1.29 is 5.11 Å². The van der Waals surface area contributed by atoms with Crippen LogP contribution in [0.1, 0.15) is 55.5 Å². The molecular formula is C25H29N3O. The summed E-state index contributed by atoms with van der Waals surface area (Å²) >= 11 is 0. The number of hydrogen-bond donors (Lipinski definition) is 3. The molecule has 4 nitrogen and oxygen atoms in total. The van der Waals surface area contributed by atoms with E-state index in [2.05, 4.69) is 41.3 Å². The molecule has 3 aromatic rings. The predicted molar refractivity (Wildman–Crippen MR) is 121 cm³/mol. The number of aliphatic hydroxyl groups is 1. The minimum absolute atomic E-state index is 0.270. The van der Waals surface area contributed by atoms with Crippen molar-refractivity contribution >= 4 is 17.1 Å². The highest BCUT2D eigenvalue weighted by Gasteiger charge is 2.35. The van der Waals surface area contributed by atoms with Crippen LogP contribution < -0.4 is 16.4 Å². The van der Waals surface area contributed by atoms with Gasteiger partial charge in [0.15, 0.2) is 0 Å². The molecule has 4 rings (SSSR count). The van der Waals surface area contributed by atoms with Crippen molar-refractivity contribution in [3.63, 3.8) is 0 Å². The zero-order valence-electron chi connectivity index (χ0n) is 17.0. The van der Waals surface area contributed by atoms with Gasteiger partial charge in [-0.15, -0.1) is 0 Å². The van der Waals surface area contributed by atoms with Crippen molar-refractivity contribution in [2.75, 3.05) is 16.4 Å². The van der Waals surface area contributed by atoms with Gasteiger partial charge in [0.1, 0.15) is 0 Å². The largest absolute Gasteiger partial charge is 0.399 e. The molecule has 0 radical (unpaired) electrons. The quantitative estimate of drug-likeness (QED) is 0.541. The monoisotopic (exact) mass is 387 g/mol. The normalized spacial score (nSPS) is 19.5. The van der Waals surface area contributed by atoms with Crippen molar-refractivity contribution in [2.45, 2.75) is 44.4 Å². The molecule has 3 aromatic carbocycles. The summed E-state index contributed by atoms with van der Waals surface area (Å²) in [5.74, 6) is 0. The lowest BCUT2D eigenvalue weighted by atomic mass is 9.97. The molecule has 0 bridgehead atoms. The molecule has 29 heavy (non-hydrogen) atoms. The van der Waals surface area contributed by atoms with E-state index in [1.54, 1.807) is 0 Å². The van der Waals surface area contributed by atoms with Crippen LogP contribution in [0.25, 0.3) is 0 Å². The average Bonchev–Trinajstić information content (AvgIpc) is 3.13. The maximum Gasteiger partial charge on any atom is 0.0840 e. The SMILES string of the molecule is CC(C)(O)c1ccc(N2[C@H](c3ccc(N)cc3)CC[C@H]2c2ccc(N)cc2)cc1. The summed E-state index contributed by atoms with van der Waals surface area (Å²) in [7, 11) is 0. The zero-order valence-corrected chi connectivity index (χ0v) is 17.0. The molecule has 0 amide bonds. The fraction of sp³-hybridized carbons (Fsp3) is 0.280. The average molecular weight is 388 g/mol. The first-order valence-corrected chi connectivity index (χ1v) is 10.1. The van der Waals surface area contributed by atoms with Crippen LogP contribution in [0.3, 0.4) is 0 Å². The van der Waals surface area contributed by atoms with Gasteiger partial charge in [0.05, 0.1) is 17.7 Å². The Balaban J connectivity index is 1.74. The number of nitrogens with zero attached hydrogens (tertiary/aromatic N) is 1. The van der Waals surface area contributed by atoms with Crippen LogP contribution in [-0.4, -0.2) is 5.11 Å². The van der Waals surface area contributed by atoms with Crippen LogP contribution in [0.5, 0.6) is 0 Å². The van der Waals surface area contributed by atoms with Crippen LogP contribution in [0.4, 0.5) is 17.1 Å². The third-order valence-electron chi connectivity index (χ3n) is 5.90. The topological polar surface area (TPSA) is 75.5 Å². The fourth-order valence-electron chi connectivity index (χ4n) is 4.30. The second-order valence-electron chi connectivity index (χ2n) is 8.46.